The third-order valence-electron chi connectivity index (χ3n) is 3.39. The quantitative estimate of drug-likeness (QED) is 0.910. The van der Waals surface area contributed by atoms with E-state index in [9.17, 15) is 9.90 Å². The fourth-order valence-electron chi connectivity index (χ4n) is 2.15. The number of hydrogen-bond donors (Lipinski definition) is 2. The number of rotatable bonds is 4. The maximum Gasteiger partial charge on any atom is 0.321 e. The maximum absolute atomic E-state index is 12.2. The van der Waals surface area contributed by atoms with Crippen molar-refractivity contribution < 1.29 is 14.6 Å². The summed E-state index contributed by atoms with van der Waals surface area (Å²) in [6.07, 6.45) is 0. The summed E-state index contributed by atoms with van der Waals surface area (Å²) in [6, 6.07) is 12.2. The van der Waals surface area contributed by atoms with Gasteiger partial charge in [-0.15, -0.1) is 0 Å². The first kappa shape index (κ1) is 15.7. The first-order valence-corrected chi connectivity index (χ1v) is 6.95. The van der Waals surface area contributed by atoms with E-state index in [0.717, 1.165) is 11.3 Å². The third kappa shape index (κ3) is 3.69. The molecule has 0 unspecified atom stereocenters. The number of aryl methyl sites for hydroxylation is 1. The van der Waals surface area contributed by atoms with E-state index in [2.05, 4.69) is 5.32 Å². The van der Waals surface area contributed by atoms with Crippen LogP contribution < -0.4 is 10.1 Å². The average molecular weight is 300 g/mol. The molecule has 2 aromatic rings. The number of carbonyl (C=O) groups excluding carboxylic acids is 1. The minimum Gasteiger partial charge on any atom is -0.508 e. The van der Waals surface area contributed by atoms with E-state index < -0.39 is 0 Å². The molecule has 0 aliphatic carbocycles. The normalized spacial score (nSPS) is 10.1. The number of anilines is 1. The Bertz CT molecular complexity index is 671. The number of amides is 2. The van der Waals surface area contributed by atoms with E-state index in [1.165, 1.54) is 4.90 Å². The molecule has 2 amide bonds. The largest absolute Gasteiger partial charge is 0.508 e. The number of aromatic hydroxyl groups is 1. The molecule has 5 nitrogen and oxygen atoms in total. The number of para-hydroxylation sites is 1. The van der Waals surface area contributed by atoms with Crippen molar-refractivity contribution in [1.29, 1.82) is 0 Å². The van der Waals surface area contributed by atoms with Crippen molar-refractivity contribution in [2.24, 2.45) is 0 Å². The van der Waals surface area contributed by atoms with Gasteiger partial charge in [-0.1, -0.05) is 18.2 Å². The maximum atomic E-state index is 12.2. The molecule has 0 aromatic heterocycles. The van der Waals surface area contributed by atoms with Crippen molar-refractivity contribution in [3.63, 3.8) is 0 Å². The lowest BCUT2D eigenvalue weighted by Crippen LogP contribution is -2.30. The first-order chi connectivity index (χ1) is 10.5. The summed E-state index contributed by atoms with van der Waals surface area (Å²) in [5, 5.41) is 12.6. The van der Waals surface area contributed by atoms with Gasteiger partial charge in [0.05, 0.1) is 13.7 Å². The lowest BCUT2D eigenvalue weighted by Gasteiger charge is -2.19. The van der Waals surface area contributed by atoms with Crippen LogP contribution in [-0.2, 0) is 6.54 Å². The Morgan fingerprint density at radius 1 is 1.27 bits per heavy atom. The number of ether oxygens (including phenoxy) is 1. The zero-order chi connectivity index (χ0) is 16.1. The number of hydrogen-bond acceptors (Lipinski definition) is 3. The number of nitrogens with zero attached hydrogens (tertiary/aromatic N) is 1. The van der Waals surface area contributed by atoms with Crippen LogP contribution in [-0.4, -0.2) is 30.2 Å². The molecule has 0 aliphatic heterocycles. The van der Waals surface area contributed by atoms with Gasteiger partial charge in [-0.2, -0.15) is 0 Å². The Balaban J connectivity index is 2.02. The van der Waals surface area contributed by atoms with Gasteiger partial charge in [-0.25, -0.2) is 4.79 Å². The highest BCUT2D eigenvalue weighted by atomic mass is 16.5. The Hall–Kier alpha value is -2.69. The van der Waals surface area contributed by atoms with Crippen molar-refractivity contribution in [3.8, 4) is 11.5 Å². The number of benzene rings is 2. The number of methoxy groups -OCH3 is 1. The van der Waals surface area contributed by atoms with E-state index in [4.69, 9.17) is 4.74 Å². The van der Waals surface area contributed by atoms with Gasteiger partial charge in [0.15, 0.2) is 0 Å². The molecule has 0 fully saturated rings. The zero-order valence-electron chi connectivity index (χ0n) is 13.0. The molecule has 2 rings (SSSR count). The number of urea groups is 1. The first-order valence-electron chi connectivity index (χ1n) is 6.95. The summed E-state index contributed by atoms with van der Waals surface area (Å²) >= 11 is 0. The van der Waals surface area contributed by atoms with E-state index in [0.29, 0.717) is 17.8 Å². The summed E-state index contributed by atoms with van der Waals surface area (Å²) in [5.74, 6) is 0.961. The molecular weight excluding hydrogens is 280 g/mol. The monoisotopic (exact) mass is 300 g/mol. The molecule has 22 heavy (non-hydrogen) atoms. The fourth-order valence-corrected chi connectivity index (χ4v) is 2.15. The van der Waals surface area contributed by atoms with E-state index in [1.54, 1.807) is 38.4 Å². The van der Waals surface area contributed by atoms with Gasteiger partial charge >= 0.3 is 6.03 Å². The van der Waals surface area contributed by atoms with Crippen LogP contribution in [0.25, 0.3) is 0 Å². The zero-order valence-corrected chi connectivity index (χ0v) is 13.0. The molecule has 0 saturated heterocycles. The Morgan fingerprint density at radius 2 is 2.00 bits per heavy atom. The second-order valence-corrected chi connectivity index (χ2v) is 5.10. The number of phenols is 1. The highest BCUT2D eigenvalue weighted by molar-refractivity contribution is 5.89. The van der Waals surface area contributed by atoms with Gasteiger partial charge in [-0.3, -0.25) is 0 Å². The fraction of sp³-hybridized carbons (Fsp3) is 0.235. The molecule has 0 saturated carbocycles. The molecule has 0 spiro atoms. The van der Waals surface area contributed by atoms with E-state index in [-0.39, 0.29) is 11.8 Å². The molecule has 2 aromatic carbocycles. The van der Waals surface area contributed by atoms with E-state index >= 15 is 0 Å². The van der Waals surface area contributed by atoms with Crippen LogP contribution >= 0.6 is 0 Å². The summed E-state index contributed by atoms with van der Waals surface area (Å²) in [7, 11) is 3.29. The van der Waals surface area contributed by atoms with Crippen LogP contribution in [0.15, 0.2) is 42.5 Å². The third-order valence-corrected chi connectivity index (χ3v) is 3.39. The van der Waals surface area contributed by atoms with Crippen LogP contribution in [0.5, 0.6) is 11.5 Å². The molecule has 0 aliphatic rings. The molecule has 116 valence electrons. The number of phenolic OH excluding ortho intramolecular Hbond substituents is 1. The second-order valence-electron chi connectivity index (χ2n) is 5.10. The van der Waals surface area contributed by atoms with Gasteiger partial charge in [0.1, 0.15) is 11.5 Å². The number of carbonyl (C=O) groups is 1. The summed E-state index contributed by atoms with van der Waals surface area (Å²) in [5.41, 5.74) is 2.35. The van der Waals surface area contributed by atoms with Crippen molar-refractivity contribution in [2.75, 3.05) is 19.5 Å². The molecule has 0 atom stereocenters. The topological polar surface area (TPSA) is 61.8 Å². The molecular formula is C17H20N2O3. The predicted octanol–water partition coefficient (Wildman–Crippen LogP) is 3.37. The minimum absolute atomic E-state index is 0.183. The van der Waals surface area contributed by atoms with Crippen molar-refractivity contribution >= 4 is 11.7 Å². The molecule has 0 radical (unpaired) electrons. The number of nitrogens with one attached hydrogen (secondary N) is 1. The standard InChI is InChI=1S/C17H20N2O3/c1-12-10-14(8-9-16(12)22-3)18-17(21)19(2)11-13-6-4-5-7-15(13)20/h4-10,20H,11H2,1-3H3,(H,18,21). The van der Waals surface area contributed by atoms with Crippen LogP contribution in [0, 0.1) is 6.92 Å². The van der Waals surface area contributed by atoms with Crippen LogP contribution in [0.3, 0.4) is 0 Å². The Morgan fingerprint density at radius 3 is 2.64 bits per heavy atom. The van der Waals surface area contributed by atoms with Crippen LogP contribution in [0.2, 0.25) is 0 Å². The Kier molecular flexibility index (Phi) is 4.88. The lowest BCUT2D eigenvalue weighted by molar-refractivity contribution is 0.220. The van der Waals surface area contributed by atoms with Crippen molar-refractivity contribution in [2.45, 2.75) is 13.5 Å². The molecule has 0 heterocycles. The summed E-state index contributed by atoms with van der Waals surface area (Å²) in [4.78, 5) is 13.7. The predicted molar refractivity (Wildman–Crippen MR) is 86.3 cm³/mol. The Labute approximate surface area is 130 Å². The van der Waals surface area contributed by atoms with Gasteiger partial charge < -0.3 is 20.1 Å². The second kappa shape index (κ2) is 6.85. The lowest BCUT2D eigenvalue weighted by atomic mass is 10.2. The van der Waals surface area contributed by atoms with Gasteiger partial charge in [-0.05, 0) is 36.8 Å². The van der Waals surface area contributed by atoms with Crippen molar-refractivity contribution in [3.05, 3.63) is 53.6 Å². The SMILES string of the molecule is COc1ccc(NC(=O)N(C)Cc2ccccc2O)cc1C. The van der Waals surface area contributed by atoms with Gasteiger partial charge in [0.2, 0.25) is 0 Å². The molecule has 5 heteroatoms. The van der Waals surface area contributed by atoms with Crippen LogP contribution in [0.4, 0.5) is 10.5 Å². The molecule has 2 N–H and O–H groups in total. The summed E-state index contributed by atoms with van der Waals surface area (Å²) in [6.45, 7) is 2.24. The summed E-state index contributed by atoms with van der Waals surface area (Å²) < 4.78 is 5.19. The highest BCUT2D eigenvalue weighted by Crippen LogP contribution is 2.22. The highest BCUT2D eigenvalue weighted by Gasteiger charge is 2.12. The van der Waals surface area contributed by atoms with Crippen LogP contribution in [0.1, 0.15) is 11.1 Å². The van der Waals surface area contributed by atoms with Crippen molar-refractivity contribution in [1.82, 2.24) is 4.90 Å². The molecule has 0 bridgehead atoms. The average Bonchev–Trinajstić information content (AvgIpc) is 2.49. The smallest absolute Gasteiger partial charge is 0.321 e. The van der Waals surface area contributed by atoms with Gasteiger partial charge in [0, 0.05) is 18.3 Å². The minimum atomic E-state index is -0.243. The van der Waals surface area contributed by atoms with Gasteiger partial charge in [0.25, 0.3) is 0 Å². The van der Waals surface area contributed by atoms with E-state index in [1.807, 2.05) is 25.1 Å².